The lowest BCUT2D eigenvalue weighted by Crippen LogP contribution is -2.58. The maximum atomic E-state index is 13.2. The molecule has 0 saturated carbocycles. The Morgan fingerprint density at radius 3 is 1.43 bits per heavy atom. The minimum absolute atomic E-state index is 0.0398. The predicted octanol–water partition coefficient (Wildman–Crippen LogP) is 7.53. The van der Waals surface area contributed by atoms with Crippen molar-refractivity contribution in [3.8, 4) is 115 Å². The number of aliphatic hydroxyl groups is 3. The average Bonchev–Trinajstić information content (AvgIpc) is 0.706. The van der Waals surface area contributed by atoms with Gasteiger partial charge in [0.15, 0.2) is 52.1 Å². The molecule has 8 aromatic rings. The van der Waals surface area contributed by atoms with Crippen LogP contribution in [0, 0.1) is 5.92 Å². The molecular formula is C63H54O23. The van der Waals surface area contributed by atoms with E-state index >= 15 is 0 Å². The Kier molecular flexibility index (Phi) is 12.3. The molecule has 23 nitrogen and oxygen atoms in total. The van der Waals surface area contributed by atoms with Crippen molar-refractivity contribution in [2.24, 2.45) is 5.92 Å². The van der Waals surface area contributed by atoms with Gasteiger partial charge >= 0.3 is 5.79 Å². The van der Waals surface area contributed by atoms with Gasteiger partial charge in [-0.15, -0.1) is 0 Å². The molecule has 0 spiro atoms. The quantitative estimate of drug-likeness (QED) is 0.0685. The molecule has 0 radical (unpaired) electrons. The highest BCUT2D eigenvalue weighted by Crippen LogP contribution is 2.67. The summed E-state index contributed by atoms with van der Waals surface area (Å²) in [6.45, 7) is 3.34. The van der Waals surface area contributed by atoms with Crippen molar-refractivity contribution in [3.05, 3.63) is 164 Å². The fraction of sp³-hybridized carbons (Fsp3) is 0.238. The van der Waals surface area contributed by atoms with Gasteiger partial charge in [0.1, 0.15) is 93.4 Å². The molecule has 13 rings (SSSR count). The number of hydrogen-bond donors (Lipinski definition) is 18. The van der Waals surface area contributed by atoms with E-state index in [1.54, 1.807) is 0 Å². The fourth-order valence-electron chi connectivity index (χ4n) is 13.2. The second kappa shape index (κ2) is 19.3. The number of aromatic hydroxyl groups is 15. The van der Waals surface area contributed by atoms with Crippen molar-refractivity contribution in [3.63, 3.8) is 0 Å². The van der Waals surface area contributed by atoms with Crippen molar-refractivity contribution in [2.45, 2.75) is 86.9 Å². The standard InChI is InChI=1S/C63H54O23/c1-21-11-27-33(68)17-39(74)46(58(27)82-55(21)23-3-7-29(64)35(70)12-23)22(2)47-40(75)19-42(77)50-53-51-45(85-63(62(53)81,86-61(47)50)26-6-10-32(67)38(73)15-26)20-43(78)49-52(54(80)57(84-60(49)51)25-5-9-31(66)37(72)14-25)48-41(76)18-34(69)28-16-44(79)56(83-59(28)48)24-4-8-30(65)36(71)13-24/h3-10,12-15,17-22,44,52-57,62,64-81H,11,16H2,1-2H3. The number of phenols is 15. The zero-order chi connectivity index (χ0) is 61.0. The molecule has 0 amide bonds. The number of phenolic OH excluding ortho intramolecular Hbond substituents is 15. The van der Waals surface area contributed by atoms with Crippen LogP contribution in [0.15, 0.2) is 97.1 Å². The molecule has 18 N–H and O–H groups in total. The monoisotopic (exact) mass is 1180 g/mol. The van der Waals surface area contributed by atoms with Crippen LogP contribution in [-0.4, -0.2) is 110 Å². The van der Waals surface area contributed by atoms with E-state index in [1.807, 2.05) is 6.92 Å². The Balaban J connectivity index is 1.06. The van der Waals surface area contributed by atoms with Crippen LogP contribution in [0.1, 0.15) is 117 Å². The molecular weight excluding hydrogens is 1120 g/mol. The largest absolute Gasteiger partial charge is 0.507 e. The first-order chi connectivity index (χ1) is 40.9. The molecule has 0 fully saturated rings. The minimum atomic E-state index is -2.62. The van der Waals surface area contributed by atoms with Crippen LogP contribution in [0.4, 0.5) is 0 Å². The van der Waals surface area contributed by atoms with Crippen LogP contribution < -0.4 is 23.7 Å². The lowest BCUT2D eigenvalue weighted by atomic mass is 9.70. The van der Waals surface area contributed by atoms with Crippen molar-refractivity contribution in [1.82, 2.24) is 0 Å². The molecule has 5 heterocycles. The van der Waals surface area contributed by atoms with Gasteiger partial charge in [-0.1, -0.05) is 32.0 Å². The van der Waals surface area contributed by atoms with Crippen molar-refractivity contribution < 1.29 is 116 Å². The summed E-state index contributed by atoms with van der Waals surface area (Å²) >= 11 is 0. The summed E-state index contributed by atoms with van der Waals surface area (Å²) in [6.07, 6.45) is -9.74. The summed E-state index contributed by atoms with van der Waals surface area (Å²) in [5, 5.41) is 206. The second-order valence-corrected chi connectivity index (χ2v) is 22.4. The van der Waals surface area contributed by atoms with Gasteiger partial charge in [0.2, 0.25) is 0 Å². The second-order valence-electron chi connectivity index (χ2n) is 22.4. The zero-order valence-corrected chi connectivity index (χ0v) is 45.0. The maximum absolute atomic E-state index is 13.2. The van der Waals surface area contributed by atoms with Gasteiger partial charge in [-0.25, -0.2) is 0 Å². The first-order valence-corrected chi connectivity index (χ1v) is 27.0. The van der Waals surface area contributed by atoms with E-state index in [4.69, 9.17) is 23.7 Å². The Morgan fingerprint density at radius 2 is 0.849 bits per heavy atom. The van der Waals surface area contributed by atoms with Gasteiger partial charge in [-0.3, -0.25) is 0 Å². The Morgan fingerprint density at radius 1 is 0.395 bits per heavy atom. The van der Waals surface area contributed by atoms with E-state index in [0.717, 1.165) is 60.7 Å². The molecule has 8 aromatic carbocycles. The van der Waals surface area contributed by atoms with E-state index in [-0.39, 0.29) is 97.0 Å². The lowest BCUT2D eigenvalue weighted by Gasteiger charge is -2.51. The predicted molar refractivity (Wildman–Crippen MR) is 295 cm³/mol. The number of fused-ring (bicyclic) bond motifs is 10. The first-order valence-electron chi connectivity index (χ1n) is 27.0. The van der Waals surface area contributed by atoms with E-state index in [0.29, 0.717) is 5.56 Å². The summed E-state index contributed by atoms with van der Waals surface area (Å²) < 4.78 is 33.5. The van der Waals surface area contributed by atoms with Crippen molar-refractivity contribution in [1.29, 1.82) is 0 Å². The van der Waals surface area contributed by atoms with Crippen LogP contribution in [0.5, 0.6) is 115 Å². The molecule has 5 aliphatic heterocycles. The third-order valence-corrected chi connectivity index (χ3v) is 17.3. The third-order valence-electron chi connectivity index (χ3n) is 17.3. The summed E-state index contributed by atoms with van der Waals surface area (Å²) in [5.41, 5.74) is -1.06. The van der Waals surface area contributed by atoms with Crippen LogP contribution >= 0.6 is 0 Å². The molecule has 11 unspecified atom stereocenters. The summed E-state index contributed by atoms with van der Waals surface area (Å²) in [6, 6.07) is 18.4. The topological polar surface area (TPSA) is 410 Å². The summed E-state index contributed by atoms with van der Waals surface area (Å²) in [5.74, 6) is -18.3. The van der Waals surface area contributed by atoms with Gasteiger partial charge in [0.25, 0.3) is 0 Å². The zero-order valence-electron chi connectivity index (χ0n) is 45.0. The molecule has 11 atom stereocenters. The summed E-state index contributed by atoms with van der Waals surface area (Å²) in [7, 11) is 0. The maximum Gasteiger partial charge on any atom is 0.305 e. The van der Waals surface area contributed by atoms with Crippen LogP contribution in [0.2, 0.25) is 0 Å². The van der Waals surface area contributed by atoms with Gasteiger partial charge in [-0.05, 0) is 77.7 Å². The molecule has 23 heteroatoms. The van der Waals surface area contributed by atoms with Gasteiger partial charge in [-0.2, -0.15) is 0 Å². The molecule has 2 bridgehead atoms. The number of hydrogen-bond acceptors (Lipinski definition) is 23. The average molecular weight is 1180 g/mol. The molecule has 0 saturated heterocycles. The molecule has 86 heavy (non-hydrogen) atoms. The SMILES string of the molecule is CC(c1c(O)cc(O)c2c1OC(c1ccc(O)c(O)c1)C(C)C2)c1c(O)cc(O)c2c1OC1(c3ccc(O)c(O)c3)Oc3cc(O)c4c(c3C2C1O)OC(c1ccc(O)c(O)c1)C(O)C4c1c(O)cc(O)c2c1OC(c1ccc(O)c(O)c1)C(O)C2. The molecule has 0 aliphatic carbocycles. The highest BCUT2D eigenvalue weighted by atomic mass is 16.7. The van der Waals surface area contributed by atoms with Crippen molar-refractivity contribution in [2.75, 3.05) is 0 Å². The number of aliphatic hydroxyl groups excluding tert-OH is 3. The number of rotatable bonds is 7. The third kappa shape index (κ3) is 8.05. The van der Waals surface area contributed by atoms with Crippen molar-refractivity contribution >= 4 is 0 Å². The van der Waals surface area contributed by atoms with E-state index in [9.17, 15) is 91.9 Å². The number of ether oxygens (including phenoxy) is 5. The molecule has 5 aliphatic rings. The lowest BCUT2D eigenvalue weighted by molar-refractivity contribution is -0.219. The minimum Gasteiger partial charge on any atom is -0.507 e. The Bertz CT molecular complexity index is 4180. The van der Waals surface area contributed by atoms with E-state index in [2.05, 4.69) is 0 Å². The Labute approximate surface area is 485 Å². The van der Waals surface area contributed by atoms with Gasteiger partial charge < -0.3 is 116 Å². The van der Waals surface area contributed by atoms with E-state index in [1.165, 1.54) is 43.3 Å². The van der Waals surface area contributed by atoms with Crippen LogP contribution in [0.3, 0.4) is 0 Å². The number of benzene rings is 8. The smallest absolute Gasteiger partial charge is 0.305 e. The highest BCUT2D eigenvalue weighted by molar-refractivity contribution is 5.74. The first kappa shape index (κ1) is 54.9. The fourth-order valence-corrected chi connectivity index (χ4v) is 13.2. The normalized spacial score (nSPS) is 24.4. The van der Waals surface area contributed by atoms with Crippen LogP contribution in [0.25, 0.3) is 0 Å². The highest BCUT2D eigenvalue weighted by Gasteiger charge is 2.62. The molecule has 0 aromatic heterocycles. The molecule has 444 valence electrons. The van der Waals surface area contributed by atoms with Gasteiger partial charge in [0, 0.05) is 92.6 Å². The van der Waals surface area contributed by atoms with Crippen LogP contribution in [-0.2, 0) is 18.6 Å². The van der Waals surface area contributed by atoms with Gasteiger partial charge in [0.05, 0.1) is 17.9 Å². The summed E-state index contributed by atoms with van der Waals surface area (Å²) in [4.78, 5) is 0. The van der Waals surface area contributed by atoms with E-state index < -0.39 is 158 Å². The Hall–Kier alpha value is -10.4.